The second-order valence-corrected chi connectivity index (χ2v) is 7.08. The summed E-state index contributed by atoms with van der Waals surface area (Å²) < 4.78 is 5.37. The lowest BCUT2D eigenvalue weighted by Crippen LogP contribution is -2.33. The molecule has 0 saturated carbocycles. The molecule has 1 saturated heterocycles. The highest BCUT2D eigenvalue weighted by atomic mass is 32.2. The molecule has 0 unspecified atom stereocenters. The summed E-state index contributed by atoms with van der Waals surface area (Å²) in [5.41, 5.74) is 1.47. The summed E-state index contributed by atoms with van der Waals surface area (Å²) in [6.07, 6.45) is 1.06. The van der Waals surface area contributed by atoms with Crippen molar-refractivity contribution in [3.05, 3.63) is 35.3 Å². The number of thioether (sulfide) groups is 1. The number of rotatable bonds is 3. The summed E-state index contributed by atoms with van der Waals surface area (Å²) in [4.78, 5) is 19.0. The van der Waals surface area contributed by atoms with Gasteiger partial charge in [0.1, 0.15) is 16.5 Å². The third kappa shape index (κ3) is 3.28. The third-order valence-electron chi connectivity index (χ3n) is 3.57. The van der Waals surface area contributed by atoms with E-state index < -0.39 is 0 Å². The summed E-state index contributed by atoms with van der Waals surface area (Å²) in [5.74, 6) is 2.96. The molecule has 0 atom stereocenters. The zero-order chi connectivity index (χ0) is 15.4. The Labute approximate surface area is 138 Å². The molecule has 1 amide bonds. The molecule has 0 bridgehead atoms. The van der Waals surface area contributed by atoms with Gasteiger partial charge in [-0.05, 0) is 24.3 Å². The molecule has 0 spiro atoms. The summed E-state index contributed by atoms with van der Waals surface area (Å²) >= 11 is 3.40. The molecule has 3 rings (SSSR count). The normalized spacial score (nSPS) is 15.4. The summed E-state index contributed by atoms with van der Waals surface area (Å²) in [7, 11) is 1.65. The lowest BCUT2D eigenvalue weighted by atomic mass is 10.2. The third-order valence-corrected chi connectivity index (χ3v) is 5.49. The molecule has 0 N–H and O–H groups in total. The zero-order valence-electron chi connectivity index (χ0n) is 12.4. The van der Waals surface area contributed by atoms with Gasteiger partial charge in [-0.2, -0.15) is 11.8 Å². The van der Waals surface area contributed by atoms with Crippen molar-refractivity contribution in [1.82, 2.24) is 9.88 Å². The van der Waals surface area contributed by atoms with Crippen molar-refractivity contribution in [1.29, 1.82) is 0 Å². The predicted octanol–water partition coefficient (Wildman–Crippen LogP) is 3.40. The van der Waals surface area contributed by atoms with Crippen molar-refractivity contribution in [2.24, 2.45) is 0 Å². The van der Waals surface area contributed by atoms with E-state index in [1.165, 1.54) is 11.3 Å². The van der Waals surface area contributed by atoms with Crippen molar-refractivity contribution >= 4 is 29.0 Å². The Hall–Kier alpha value is -1.53. The standard InChI is InChI=1S/C16H18N2O2S2/c1-20-14-6-3-2-5-12(14)15-17-13(11-22-15)16(19)18-7-4-9-21-10-8-18/h2-3,5-6,11H,4,7-10H2,1H3. The average molecular weight is 334 g/mol. The predicted molar refractivity (Wildman–Crippen MR) is 91.9 cm³/mol. The number of para-hydroxylation sites is 1. The number of thiazole rings is 1. The van der Waals surface area contributed by atoms with Crippen molar-refractivity contribution in [2.75, 3.05) is 31.7 Å². The van der Waals surface area contributed by atoms with Crippen molar-refractivity contribution in [2.45, 2.75) is 6.42 Å². The van der Waals surface area contributed by atoms with Crippen LogP contribution in [-0.2, 0) is 0 Å². The molecule has 116 valence electrons. The number of carbonyl (C=O) groups excluding carboxylic acids is 1. The second-order valence-electron chi connectivity index (χ2n) is 5.00. The quantitative estimate of drug-likeness (QED) is 0.863. The molecule has 2 aromatic rings. The largest absolute Gasteiger partial charge is 0.496 e. The molecular formula is C16H18N2O2S2. The number of aromatic nitrogens is 1. The highest BCUT2D eigenvalue weighted by Crippen LogP contribution is 2.32. The van der Waals surface area contributed by atoms with Crippen molar-refractivity contribution < 1.29 is 9.53 Å². The van der Waals surface area contributed by atoms with Crippen molar-refractivity contribution in [3.8, 4) is 16.3 Å². The average Bonchev–Trinajstić information content (AvgIpc) is 2.89. The maximum absolute atomic E-state index is 12.6. The smallest absolute Gasteiger partial charge is 0.273 e. The first-order valence-corrected chi connectivity index (χ1v) is 9.29. The van der Waals surface area contributed by atoms with Crippen LogP contribution in [0.1, 0.15) is 16.9 Å². The summed E-state index contributed by atoms with van der Waals surface area (Å²) in [6, 6.07) is 7.75. The van der Waals surface area contributed by atoms with Crippen LogP contribution in [0, 0.1) is 0 Å². The van der Waals surface area contributed by atoms with Gasteiger partial charge < -0.3 is 9.64 Å². The fourth-order valence-corrected chi connectivity index (χ4v) is 4.14. The summed E-state index contributed by atoms with van der Waals surface area (Å²) in [5, 5.41) is 2.67. The van der Waals surface area contributed by atoms with Gasteiger partial charge in [-0.15, -0.1) is 11.3 Å². The Morgan fingerprint density at radius 3 is 3.00 bits per heavy atom. The molecular weight excluding hydrogens is 316 g/mol. The molecule has 2 heterocycles. The number of hydrogen-bond donors (Lipinski definition) is 0. The molecule has 4 nitrogen and oxygen atoms in total. The molecule has 1 aliphatic heterocycles. The van der Waals surface area contributed by atoms with E-state index in [4.69, 9.17) is 4.74 Å². The van der Waals surface area contributed by atoms with Gasteiger partial charge in [0.05, 0.1) is 12.7 Å². The van der Waals surface area contributed by atoms with E-state index in [2.05, 4.69) is 4.98 Å². The Morgan fingerprint density at radius 2 is 2.14 bits per heavy atom. The number of amides is 1. The van der Waals surface area contributed by atoms with Crippen LogP contribution in [0.4, 0.5) is 0 Å². The van der Waals surface area contributed by atoms with E-state index in [-0.39, 0.29) is 5.91 Å². The molecule has 0 aliphatic carbocycles. The molecule has 1 aromatic heterocycles. The molecule has 22 heavy (non-hydrogen) atoms. The topological polar surface area (TPSA) is 42.4 Å². The van der Waals surface area contributed by atoms with Crippen molar-refractivity contribution in [3.63, 3.8) is 0 Å². The number of hydrogen-bond acceptors (Lipinski definition) is 5. The lowest BCUT2D eigenvalue weighted by molar-refractivity contribution is 0.0763. The van der Waals surface area contributed by atoms with Crippen LogP contribution < -0.4 is 4.74 Å². The maximum Gasteiger partial charge on any atom is 0.273 e. The highest BCUT2D eigenvalue weighted by molar-refractivity contribution is 7.99. The minimum absolute atomic E-state index is 0.0416. The minimum Gasteiger partial charge on any atom is -0.496 e. The van der Waals surface area contributed by atoms with E-state index in [9.17, 15) is 4.79 Å². The molecule has 6 heteroatoms. The van der Waals surface area contributed by atoms with Gasteiger partial charge in [0.15, 0.2) is 0 Å². The van der Waals surface area contributed by atoms with E-state index in [0.29, 0.717) is 5.69 Å². The zero-order valence-corrected chi connectivity index (χ0v) is 14.1. The Kier molecular flexibility index (Phi) is 5.00. The number of carbonyl (C=O) groups is 1. The van der Waals surface area contributed by atoms with Gasteiger partial charge in [-0.3, -0.25) is 4.79 Å². The maximum atomic E-state index is 12.6. The second kappa shape index (κ2) is 7.15. The molecule has 0 radical (unpaired) electrons. The monoisotopic (exact) mass is 334 g/mol. The lowest BCUT2D eigenvalue weighted by Gasteiger charge is -2.18. The SMILES string of the molecule is COc1ccccc1-c1nc(C(=O)N2CCCSCC2)cs1. The Bertz CT molecular complexity index is 649. The number of ether oxygens (including phenoxy) is 1. The van der Waals surface area contributed by atoms with Gasteiger partial charge in [0.2, 0.25) is 0 Å². The highest BCUT2D eigenvalue weighted by Gasteiger charge is 2.20. The molecule has 1 fully saturated rings. The van der Waals surface area contributed by atoms with Gasteiger partial charge in [-0.25, -0.2) is 4.98 Å². The van der Waals surface area contributed by atoms with Crippen LogP contribution in [-0.4, -0.2) is 47.5 Å². The first-order chi connectivity index (χ1) is 10.8. The van der Waals surface area contributed by atoms with Gasteiger partial charge in [0.25, 0.3) is 5.91 Å². The van der Waals surface area contributed by atoms with E-state index in [0.717, 1.165) is 47.3 Å². The van der Waals surface area contributed by atoms with Crippen LogP contribution in [0.2, 0.25) is 0 Å². The first kappa shape index (κ1) is 15.4. The Balaban J connectivity index is 1.82. The van der Waals surface area contributed by atoms with Crippen LogP contribution in [0.5, 0.6) is 5.75 Å². The van der Waals surface area contributed by atoms with Crippen LogP contribution in [0.15, 0.2) is 29.6 Å². The van der Waals surface area contributed by atoms with Crippen LogP contribution in [0.3, 0.4) is 0 Å². The van der Waals surface area contributed by atoms with E-state index in [1.807, 2.05) is 46.3 Å². The van der Waals surface area contributed by atoms with E-state index in [1.54, 1.807) is 7.11 Å². The number of benzene rings is 1. The number of methoxy groups -OCH3 is 1. The fraction of sp³-hybridized carbons (Fsp3) is 0.375. The van der Waals surface area contributed by atoms with Gasteiger partial charge in [-0.1, -0.05) is 12.1 Å². The van der Waals surface area contributed by atoms with Gasteiger partial charge >= 0.3 is 0 Å². The van der Waals surface area contributed by atoms with Crippen LogP contribution in [0.25, 0.3) is 10.6 Å². The first-order valence-electron chi connectivity index (χ1n) is 7.25. The Morgan fingerprint density at radius 1 is 1.27 bits per heavy atom. The van der Waals surface area contributed by atoms with Crippen LogP contribution >= 0.6 is 23.1 Å². The van der Waals surface area contributed by atoms with E-state index >= 15 is 0 Å². The molecule has 1 aliphatic rings. The summed E-state index contributed by atoms with van der Waals surface area (Å²) in [6.45, 7) is 1.64. The molecule has 1 aromatic carbocycles. The number of nitrogens with zero attached hydrogens (tertiary/aromatic N) is 2. The van der Waals surface area contributed by atoms with Gasteiger partial charge in [0, 0.05) is 24.2 Å². The fourth-order valence-electron chi connectivity index (χ4n) is 2.43. The minimum atomic E-state index is 0.0416.